The molecule has 0 saturated heterocycles. The van der Waals surface area contributed by atoms with Crippen molar-refractivity contribution in [1.29, 1.82) is 0 Å². The smallest absolute Gasteiger partial charge is 0.246 e. The fourth-order valence-corrected chi connectivity index (χ4v) is 2.58. The van der Waals surface area contributed by atoms with Crippen molar-refractivity contribution in [3.63, 3.8) is 0 Å². The summed E-state index contributed by atoms with van der Waals surface area (Å²) in [6.07, 6.45) is 3.94. The first-order chi connectivity index (χ1) is 11.2. The van der Waals surface area contributed by atoms with Gasteiger partial charge in [0.05, 0.1) is 6.54 Å². The zero-order valence-electron chi connectivity index (χ0n) is 13.5. The number of hydrogen-bond acceptors (Lipinski definition) is 4. The van der Waals surface area contributed by atoms with Crippen molar-refractivity contribution in [3.8, 4) is 11.4 Å². The third kappa shape index (κ3) is 5.07. The minimum Gasteiger partial charge on any atom is -0.356 e. The van der Waals surface area contributed by atoms with Crippen molar-refractivity contribution in [2.75, 3.05) is 13.6 Å². The number of nitrogens with one attached hydrogen (secondary N) is 2. The van der Waals surface area contributed by atoms with Gasteiger partial charge in [-0.2, -0.15) is 4.98 Å². The predicted octanol–water partition coefficient (Wildman–Crippen LogP) is 3.47. The molecular weight excluding hydrogens is 441 g/mol. The molecule has 130 valence electrons. The lowest BCUT2D eigenvalue weighted by molar-refractivity contribution is 0.314. The summed E-state index contributed by atoms with van der Waals surface area (Å²) in [5, 5.41) is 11.1. The lowest BCUT2D eigenvalue weighted by atomic mass is 9.85. The topological polar surface area (TPSA) is 75.3 Å². The Bertz CT molecular complexity index is 687. The third-order valence-corrected chi connectivity index (χ3v) is 4.20. The molecule has 1 aromatic heterocycles. The molecule has 0 bridgehead atoms. The molecule has 0 radical (unpaired) electrons. The van der Waals surface area contributed by atoms with Gasteiger partial charge in [0.2, 0.25) is 11.7 Å². The molecule has 1 heterocycles. The van der Waals surface area contributed by atoms with Crippen LogP contribution in [0.15, 0.2) is 33.8 Å². The van der Waals surface area contributed by atoms with Crippen LogP contribution >= 0.6 is 35.6 Å². The Kier molecular flexibility index (Phi) is 7.29. The molecule has 1 aromatic carbocycles. The second-order valence-electron chi connectivity index (χ2n) is 5.63. The Morgan fingerprint density at radius 1 is 1.38 bits per heavy atom. The summed E-state index contributed by atoms with van der Waals surface area (Å²) < 4.78 is 5.26. The fourth-order valence-electron chi connectivity index (χ4n) is 2.39. The normalized spacial score (nSPS) is 14.7. The van der Waals surface area contributed by atoms with E-state index < -0.39 is 0 Å². The average molecular weight is 462 g/mol. The van der Waals surface area contributed by atoms with Gasteiger partial charge in [-0.05, 0) is 30.9 Å². The Balaban J connectivity index is 0.00000208. The number of aliphatic imine (C=N–C) groups is 1. The number of benzene rings is 1. The highest BCUT2D eigenvalue weighted by Crippen LogP contribution is 2.25. The van der Waals surface area contributed by atoms with Crippen LogP contribution in [0.1, 0.15) is 25.2 Å². The molecule has 24 heavy (non-hydrogen) atoms. The molecule has 0 unspecified atom stereocenters. The van der Waals surface area contributed by atoms with Gasteiger partial charge in [0.25, 0.3) is 0 Å². The third-order valence-electron chi connectivity index (χ3n) is 3.96. The summed E-state index contributed by atoms with van der Waals surface area (Å²) in [6, 6.07) is 7.37. The molecule has 6 nitrogen and oxygen atoms in total. The molecule has 0 amide bonds. The van der Waals surface area contributed by atoms with Crippen LogP contribution in [-0.4, -0.2) is 29.7 Å². The fraction of sp³-hybridized carbons (Fsp3) is 0.438. The van der Waals surface area contributed by atoms with Gasteiger partial charge in [0, 0.05) is 24.2 Å². The van der Waals surface area contributed by atoms with Gasteiger partial charge in [0.15, 0.2) is 5.96 Å². The summed E-state index contributed by atoms with van der Waals surface area (Å²) in [6.45, 7) is 1.38. The van der Waals surface area contributed by atoms with E-state index in [9.17, 15) is 0 Å². The number of rotatable bonds is 5. The van der Waals surface area contributed by atoms with Crippen LogP contribution < -0.4 is 10.6 Å². The summed E-state index contributed by atoms with van der Waals surface area (Å²) >= 11 is 5.98. The van der Waals surface area contributed by atoms with Crippen LogP contribution in [0.4, 0.5) is 0 Å². The van der Waals surface area contributed by atoms with Gasteiger partial charge in [0.1, 0.15) is 0 Å². The molecule has 0 aliphatic heterocycles. The monoisotopic (exact) mass is 461 g/mol. The number of aromatic nitrogens is 2. The molecule has 8 heteroatoms. The molecule has 1 fully saturated rings. The van der Waals surface area contributed by atoms with Gasteiger partial charge >= 0.3 is 0 Å². The van der Waals surface area contributed by atoms with Crippen LogP contribution in [-0.2, 0) is 6.54 Å². The van der Waals surface area contributed by atoms with E-state index in [1.54, 1.807) is 7.05 Å². The largest absolute Gasteiger partial charge is 0.356 e. The number of guanidine groups is 1. The van der Waals surface area contributed by atoms with Crippen molar-refractivity contribution in [1.82, 2.24) is 20.8 Å². The van der Waals surface area contributed by atoms with Crippen LogP contribution in [0.3, 0.4) is 0 Å². The van der Waals surface area contributed by atoms with E-state index >= 15 is 0 Å². The van der Waals surface area contributed by atoms with E-state index in [1.807, 2.05) is 24.3 Å². The Morgan fingerprint density at radius 3 is 2.88 bits per heavy atom. The molecular formula is C16H21ClIN5O. The Labute approximate surface area is 163 Å². The molecule has 1 aliphatic carbocycles. The van der Waals surface area contributed by atoms with Gasteiger partial charge in [-0.15, -0.1) is 24.0 Å². The maximum atomic E-state index is 5.98. The van der Waals surface area contributed by atoms with Crippen molar-refractivity contribution < 1.29 is 4.52 Å². The standard InChI is InChI=1S/C16H20ClN5O.HI/c1-18-16(19-9-11-4-2-5-11)20-10-14-21-15(22-23-14)12-6-3-7-13(17)8-12;/h3,6-8,11H,2,4-5,9-10H2,1H3,(H2,18,19,20);1H. The van der Waals surface area contributed by atoms with E-state index in [0.29, 0.717) is 23.3 Å². The molecule has 2 aromatic rings. The SMILES string of the molecule is CN=C(NCc1nc(-c2cccc(Cl)c2)no1)NCC1CCC1.I. The highest BCUT2D eigenvalue weighted by molar-refractivity contribution is 14.0. The number of nitrogens with zero attached hydrogens (tertiary/aromatic N) is 3. The molecule has 0 spiro atoms. The summed E-state index contributed by atoms with van der Waals surface area (Å²) in [5.74, 6) is 2.55. The molecule has 1 aliphatic rings. The van der Waals surface area contributed by atoms with Crippen LogP contribution in [0, 0.1) is 5.92 Å². The van der Waals surface area contributed by atoms with E-state index in [1.165, 1.54) is 19.3 Å². The average Bonchev–Trinajstić information content (AvgIpc) is 2.98. The van der Waals surface area contributed by atoms with Crippen molar-refractivity contribution in [2.24, 2.45) is 10.9 Å². The van der Waals surface area contributed by atoms with E-state index in [-0.39, 0.29) is 24.0 Å². The lowest BCUT2D eigenvalue weighted by Crippen LogP contribution is -2.40. The quantitative estimate of drug-likeness (QED) is 0.405. The maximum absolute atomic E-state index is 5.98. The molecule has 0 atom stereocenters. The molecule has 2 N–H and O–H groups in total. The van der Waals surface area contributed by atoms with Gasteiger partial charge in [-0.3, -0.25) is 4.99 Å². The maximum Gasteiger partial charge on any atom is 0.246 e. The lowest BCUT2D eigenvalue weighted by Gasteiger charge is -2.26. The minimum atomic E-state index is 0. The van der Waals surface area contributed by atoms with Crippen molar-refractivity contribution in [3.05, 3.63) is 35.2 Å². The van der Waals surface area contributed by atoms with Crippen LogP contribution in [0.2, 0.25) is 5.02 Å². The Hall–Kier alpha value is -1.35. The van der Waals surface area contributed by atoms with E-state index in [4.69, 9.17) is 16.1 Å². The minimum absolute atomic E-state index is 0. The van der Waals surface area contributed by atoms with Gasteiger partial charge < -0.3 is 15.2 Å². The second-order valence-corrected chi connectivity index (χ2v) is 6.06. The second kappa shape index (κ2) is 9.22. The summed E-state index contributed by atoms with van der Waals surface area (Å²) in [4.78, 5) is 8.57. The van der Waals surface area contributed by atoms with Crippen LogP contribution in [0.25, 0.3) is 11.4 Å². The summed E-state index contributed by atoms with van der Waals surface area (Å²) in [5.41, 5.74) is 0.833. The first-order valence-corrected chi connectivity index (χ1v) is 8.15. The number of hydrogen-bond donors (Lipinski definition) is 2. The predicted molar refractivity (Wildman–Crippen MR) is 106 cm³/mol. The molecule has 1 saturated carbocycles. The van der Waals surface area contributed by atoms with Gasteiger partial charge in [-0.25, -0.2) is 0 Å². The van der Waals surface area contributed by atoms with Crippen LogP contribution in [0.5, 0.6) is 0 Å². The zero-order chi connectivity index (χ0) is 16.1. The highest BCUT2D eigenvalue weighted by atomic mass is 127. The zero-order valence-corrected chi connectivity index (χ0v) is 16.5. The van der Waals surface area contributed by atoms with Crippen molar-refractivity contribution in [2.45, 2.75) is 25.8 Å². The van der Waals surface area contributed by atoms with E-state index in [2.05, 4.69) is 25.8 Å². The number of halogens is 2. The first kappa shape index (κ1) is 19.0. The summed E-state index contributed by atoms with van der Waals surface area (Å²) in [7, 11) is 1.75. The molecule has 3 rings (SSSR count). The Morgan fingerprint density at radius 2 is 2.21 bits per heavy atom. The van der Waals surface area contributed by atoms with E-state index in [0.717, 1.165) is 24.0 Å². The first-order valence-electron chi connectivity index (χ1n) is 7.77. The van der Waals surface area contributed by atoms with Gasteiger partial charge in [-0.1, -0.05) is 35.3 Å². The van der Waals surface area contributed by atoms with Crippen molar-refractivity contribution >= 4 is 41.5 Å². The highest BCUT2D eigenvalue weighted by Gasteiger charge is 2.17.